The Kier molecular flexibility index (Phi) is 7.95. The van der Waals surface area contributed by atoms with E-state index in [2.05, 4.69) is 216 Å². The van der Waals surface area contributed by atoms with Gasteiger partial charge < -0.3 is 4.74 Å². The minimum Gasteiger partial charge on any atom is -0.485 e. The minimum atomic E-state index is -0.356. The summed E-state index contributed by atoms with van der Waals surface area (Å²) in [6, 6.07) is 63.9. The van der Waals surface area contributed by atoms with Gasteiger partial charge in [-0.15, -0.1) is 0 Å². The summed E-state index contributed by atoms with van der Waals surface area (Å²) in [6.07, 6.45) is 8.82. The van der Waals surface area contributed by atoms with E-state index in [-0.39, 0.29) is 35.9 Å². The molecule has 0 amide bonds. The second-order valence-electron chi connectivity index (χ2n) is 15.3. The van der Waals surface area contributed by atoms with Crippen molar-refractivity contribution in [2.45, 2.75) is 30.0 Å². The average Bonchev–Trinajstić information content (AvgIpc) is 3.58. The molecule has 11 rings (SSSR count). The van der Waals surface area contributed by atoms with E-state index in [0.717, 1.165) is 5.75 Å². The van der Waals surface area contributed by atoms with Gasteiger partial charge in [-0.25, -0.2) is 0 Å². The molecule has 4 aliphatic rings. The number of para-hydroxylation sites is 1. The molecule has 3 N–H and O–H groups in total. The number of hydrogen-bond acceptors (Lipinski definition) is 4. The fourth-order valence-corrected chi connectivity index (χ4v) is 9.79. The van der Waals surface area contributed by atoms with Crippen molar-refractivity contribution in [2.75, 3.05) is 0 Å². The third kappa shape index (κ3) is 5.25. The zero-order valence-electron chi connectivity index (χ0n) is 30.8. The summed E-state index contributed by atoms with van der Waals surface area (Å²) in [7, 11) is 0. The molecule has 4 nitrogen and oxygen atoms in total. The fraction of sp³-hybridized carbons (Fsp3) is 0.115. The van der Waals surface area contributed by atoms with Gasteiger partial charge in [0.05, 0.1) is 23.9 Å². The maximum Gasteiger partial charge on any atom is 0.125 e. The van der Waals surface area contributed by atoms with Crippen LogP contribution in [0.2, 0.25) is 0 Å². The largest absolute Gasteiger partial charge is 0.485 e. The highest BCUT2D eigenvalue weighted by Gasteiger charge is 2.56. The van der Waals surface area contributed by atoms with E-state index in [1.54, 1.807) is 0 Å². The van der Waals surface area contributed by atoms with Crippen molar-refractivity contribution in [1.82, 2.24) is 16.0 Å². The Morgan fingerprint density at radius 1 is 0.393 bits per heavy atom. The van der Waals surface area contributed by atoms with Crippen LogP contribution in [0.5, 0.6) is 5.75 Å². The molecule has 5 unspecified atom stereocenters. The lowest BCUT2D eigenvalue weighted by Crippen LogP contribution is -2.54. The molecule has 2 aliphatic heterocycles. The fourth-order valence-electron chi connectivity index (χ4n) is 9.79. The molecule has 270 valence electrons. The zero-order chi connectivity index (χ0) is 37.1. The van der Waals surface area contributed by atoms with Crippen LogP contribution in [-0.4, -0.2) is 6.10 Å². The summed E-state index contributed by atoms with van der Waals surface area (Å²) in [6.45, 7) is 0. The molecule has 0 aromatic heterocycles. The van der Waals surface area contributed by atoms with Crippen LogP contribution in [0.25, 0.3) is 33.4 Å². The van der Waals surface area contributed by atoms with Gasteiger partial charge in [0.25, 0.3) is 0 Å². The first-order valence-corrected chi connectivity index (χ1v) is 19.7. The van der Waals surface area contributed by atoms with Crippen molar-refractivity contribution in [3.05, 3.63) is 234 Å². The standard InChI is InChI=1S/C52H41N3O/c1-3-14-37(15-4-1)49-53-50(38-16-5-2-6-17-38)55-51(54-49)39-32-28-35(29-33-39)34-26-30-36(31-27-34)40-19-13-23-45-48(40)41-18-7-8-20-42(41)52(45)43-21-9-11-24-46(43)56-47-25-12-10-22-44(47)52/h1-33,43,46,49-51,53-55H. The van der Waals surface area contributed by atoms with Crippen LogP contribution in [0.1, 0.15) is 51.9 Å². The summed E-state index contributed by atoms with van der Waals surface area (Å²) < 4.78 is 6.66. The molecule has 56 heavy (non-hydrogen) atoms. The number of allylic oxidation sites excluding steroid dienone is 2. The van der Waals surface area contributed by atoms with Crippen LogP contribution in [0.4, 0.5) is 0 Å². The van der Waals surface area contributed by atoms with E-state index in [0.29, 0.717) is 0 Å². The third-order valence-electron chi connectivity index (χ3n) is 12.3. The van der Waals surface area contributed by atoms with E-state index < -0.39 is 0 Å². The number of nitrogens with one attached hydrogen (secondary N) is 3. The summed E-state index contributed by atoms with van der Waals surface area (Å²) in [5, 5.41) is 11.4. The van der Waals surface area contributed by atoms with Crippen molar-refractivity contribution in [3.8, 4) is 39.1 Å². The Bertz CT molecular complexity index is 2570. The van der Waals surface area contributed by atoms with Gasteiger partial charge in [0.15, 0.2) is 0 Å². The Hall–Kier alpha value is -6.30. The van der Waals surface area contributed by atoms with Gasteiger partial charge in [0.1, 0.15) is 11.9 Å². The summed E-state index contributed by atoms with van der Waals surface area (Å²) in [5.74, 6) is 1.10. The van der Waals surface area contributed by atoms with Gasteiger partial charge in [-0.3, -0.25) is 16.0 Å². The molecule has 5 atom stereocenters. The number of hydrogen-bond donors (Lipinski definition) is 3. The van der Waals surface area contributed by atoms with Crippen LogP contribution >= 0.6 is 0 Å². The van der Waals surface area contributed by atoms with Gasteiger partial charge in [-0.05, 0) is 73.3 Å². The highest BCUT2D eigenvalue weighted by Crippen LogP contribution is 2.63. The number of fused-ring (bicyclic) bond motifs is 9. The Labute approximate surface area is 328 Å². The lowest BCUT2D eigenvalue weighted by Gasteiger charge is -2.47. The lowest BCUT2D eigenvalue weighted by molar-refractivity contribution is 0.141. The van der Waals surface area contributed by atoms with E-state index in [1.165, 1.54) is 66.8 Å². The van der Waals surface area contributed by atoms with Gasteiger partial charge in [0.2, 0.25) is 0 Å². The predicted molar refractivity (Wildman–Crippen MR) is 226 cm³/mol. The molecule has 2 aliphatic carbocycles. The molecule has 7 aromatic rings. The molecule has 0 bridgehead atoms. The molecule has 2 heterocycles. The van der Waals surface area contributed by atoms with E-state index in [4.69, 9.17) is 4.74 Å². The Morgan fingerprint density at radius 2 is 0.893 bits per heavy atom. The number of rotatable bonds is 5. The quantitative estimate of drug-likeness (QED) is 0.165. The highest BCUT2D eigenvalue weighted by molar-refractivity contribution is 5.95. The van der Waals surface area contributed by atoms with Crippen molar-refractivity contribution < 1.29 is 4.74 Å². The summed E-state index contributed by atoms with van der Waals surface area (Å²) >= 11 is 0. The van der Waals surface area contributed by atoms with E-state index >= 15 is 0 Å². The first kappa shape index (κ1) is 33.1. The molecular formula is C52H41N3O. The molecule has 4 heteroatoms. The maximum atomic E-state index is 6.66. The molecular weight excluding hydrogens is 683 g/mol. The minimum absolute atomic E-state index is 0.000238. The monoisotopic (exact) mass is 723 g/mol. The Morgan fingerprint density at radius 3 is 1.57 bits per heavy atom. The van der Waals surface area contributed by atoms with Crippen LogP contribution < -0.4 is 20.7 Å². The predicted octanol–water partition coefficient (Wildman–Crippen LogP) is 11.0. The third-order valence-corrected chi connectivity index (χ3v) is 12.3. The van der Waals surface area contributed by atoms with Crippen molar-refractivity contribution in [2.24, 2.45) is 5.92 Å². The second-order valence-corrected chi connectivity index (χ2v) is 15.3. The molecule has 0 saturated carbocycles. The number of benzene rings is 7. The summed E-state index contributed by atoms with van der Waals surface area (Å²) in [5.41, 5.74) is 14.7. The van der Waals surface area contributed by atoms with Crippen LogP contribution in [0.15, 0.2) is 200 Å². The topological polar surface area (TPSA) is 45.3 Å². The number of ether oxygens (including phenoxy) is 1. The molecule has 1 spiro atoms. The Balaban J connectivity index is 0.927. The average molecular weight is 724 g/mol. The summed E-state index contributed by atoms with van der Waals surface area (Å²) in [4.78, 5) is 0. The van der Waals surface area contributed by atoms with Gasteiger partial charge >= 0.3 is 0 Å². The van der Waals surface area contributed by atoms with Crippen LogP contribution in [0.3, 0.4) is 0 Å². The van der Waals surface area contributed by atoms with Gasteiger partial charge in [0, 0.05) is 11.5 Å². The van der Waals surface area contributed by atoms with E-state index in [1.807, 2.05) is 0 Å². The molecule has 1 fully saturated rings. The van der Waals surface area contributed by atoms with Gasteiger partial charge in [-0.2, -0.15) is 0 Å². The molecule has 1 saturated heterocycles. The lowest BCUT2D eigenvalue weighted by atomic mass is 9.60. The highest BCUT2D eigenvalue weighted by atomic mass is 16.5. The molecule has 7 aromatic carbocycles. The van der Waals surface area contributed by atoms with Crippen LogP contribution in [-0.2, 0) is 5.41 Å². The van der Waals surface area contributed by atoms with Gasteiger partial charge in [-0.1, -0.05) is 188 Å². The first-order valence-electron chi connectivity index (χ1n) is 19.7. The second kappa shape index (κ2) is 13.5. The van der Waals surface area contributed by atoms with Crippen molar-refractivity contribution in [1.29, 1.82) is 0 Å². The SMILES string of the molecule is C1=CC2Oc3ccccc3C3(c4ccccc4-c4c(-c5ccc(-c6ccc(C7NC(c8ccccc8)NC(c8ccccc8)N7)cc6)cc5)cccc43)C2C=C1. The van der Waals surface area contributed by atoms with E-state index in [9.17, 15) is 0 Å². The normalized spacial score (nSPS) is 24.1. The van der Waals surface area contributed by atoms with Crippen molar-refractivity contribution >= 4 is 0 Å². The zero-order valence-corrected chi connectivity index (χ0v) is 30.8. The maximum absolute atomic E-state index is 6.66. The smallest absolute Gasteiger partial charge is 0.125 e. The first-order chi connectivity index (χ1) is 27.8. The molecule has 0 radical (unpaired) electrons. The van der Waals surface area contributed by atoms with Crippen LogP contribution in [0, 0.1) is 5.92 Å². The van der Waals surface area contributed by atoms with Crippen molar-refractivity contribution in [3.63, 3.8) is 0 Å².